The predicted octanol–water partition coefficient (Wildman–Crippen LogP) is 5.48. The van der Waals surface area contributed by atoms with E-state index >= 15 is 0 Å². The van der Waals surface area contributed by atoms with Gasteiger partial charge in [-0.1, -0.05) is 13.0 Å². The number of hydrogen-bond donors (Lipinski definition) is 2. The summed E-state index contributed by atoms with van der Waals surface area (Å²) in [7, 11) is 3.80. The van der Waals surface area contributed by atoms with Gasteiger partial charge in [0, 0.05) is 53.9 Å². The van der Waals surface area contributed by atoms with E-state index < -0.39 is 29.3 Å². The third kappa shape index (κ3) is 7.38. The number of fused-ring (bicyclic) bond motifs is 1. The number of ether oxygens (including phenoxy) is 1. The number of esters is 1. The van der Waals surface area contributed by atoms with E-state index in [9.17, 15) is 27.6 Å². The molecule has 0 fully saturated rings. The highest BCUT2D eigenvalue weighted by atomic mass is 32.1. The number of aromatic nitrogens is 3. The van der Waals surface area contributed by atoms with Crippen LogP contribution in [0.15, 0.2) is 46.8 Å². The molecule has 4 rings (SSSR count). The maximum absolute atomic E-state index is 13.5. The van der Waals surface area contributed by atoms with Crippen molar-refractivity contribution in [3.05, 3.63) is 63.5 Å². The van der Waals surface area contributed by atoms with Crippen LogP contribution in [0.1, 0.15) is 36.3 Å². The number of rotatable bonds is 10. The first-order valence-corrected chi connectivity index (χ1v) is 14.4. The van der Waals surface area contributed by atoms with Crippen LogP contribution < -0.4 is 16.1 Å². The van der Waals surface area contributed by atoms with Crippen molar-refractivity contribution in [3.8, 4) is 21.7 Å². The Morgan fingerprint density at radius 1 is 1.14 bits per heavy atom. The van der Waals surface area contributed by atoms with Gasteiger partial charge in [0.2, 0.25) is 5.43 Å². The molecule has 0 atom stereocenters. The minimum absolute atomic E-state index is 0.0468. The van der Waals surface area contributed by atoms with Crippen molar-refractivity contribution in [3.63, 3.8) is 0 Å². The molecule has 0 radical (unpaired) electrons. The molecule has 0 saturated carbocycles. The number of carbonyl (C=O) groups excluding carboxylic acids is 2. The summed E-state index contributed by atoms with van der Waals surface area (Å²) >= 11 is 0.791. The normalized spacial score (nSPS) is 11.6. The molecule has 3 heterocycles. The van der Waals surface area contributed by atoms with Gasteiger partial charge in [0.05, 0.1) is 12.1 Å². The third-order valence-corrected chi connectivity index (χ3v) is 7.26. The van der Waals surface area contributed by atoms with Crippen molar-refractivity contribution < 1.29 is 27.5 Å². The second-order valence-corrected chi connectivity index (χ2v) is 10.7. The maximum Gasteiger partial charge on any atom is 0.434 e. The first-order valence-electron chi connectivity index (χ1n) is 13.5. The van der Waals surface area contributed by atoms with Gasteiger partial charge in [-0.15, -0.1) is 11.3 Å². The average molecular weight is 617 g/mol. The van der Waals surface area contributed by atoms with E-state index in [1.165, 1.54) is 18.5 Å². The zero-order valence-corrected chi connectivity index (χ0v) is 24.9. The van der Waals surface area contributed by atoms with Gasteiger partial charge < -0.3 is 19.5 Å². The van der Waals surface area contributed by atoms with Crippen LogP contribution in [0.3, 0.4) is 0 Å². The molecular formula is C29H31F3N6O4S. The van der Waals surface area contributed by atoms with Crippen LogP contribution in [0.5, 0.6) is 0 Å². The topological polar surface area (TPSA) is 118 Å². The lowest BCUT2D eigenvalue weighted by molar-refractivity contribution is -0.140. The van der Waals surface area contributed by atoms with Crippen LogP contribution in [0.4, 0.5) is 23.8 Å². The Morgan fingerprint density at radius 3 is 2.56 bits per heavy atom. The van der Waals surface area contributed by atoms with Gasteiger partial charge in [-0.05, 0) is 51.2 Å². The van der Waals surface area contributed by atoms with Gasteiger partial charge in [-0.2, -0.15) is 13.2 Å². The summed E-state index contributed by atoms with van der Waals surface area (Å²) < 4.78 is 47.2. The number of amides is 2. The number of likely N-dealkylation sites (N-methyl/N-ethyl adjacent to an activating group) is 1. The van der Waals surface area contributed by atoms with Gasteiger partial charge in [-0.25, -0.2) is 19.6 Å². The number of carbonyl (C=O) groups is 2. The van der Waals surface area contributed by atoms with Gasteiger partial charge in [0.15, 0.2) is 5.69 Å². The van der Waals surface area contributed by atoms with E-state index in [1.54, 1.807) is 29.7 Å². The number of nitrogens with one attached hydrogen (secondary N) is 2. The van der Waals surface area contributed by atoms with Crippen LogP contribution in [0.25, 0.3) is 32.6 Å². The maximum atomic E-state index is 13.5. The summed E-state index contributed by atoms with van der Waals surface area (Å²) in [6.45, 7) is 5.15. The number of anilines is 1. The summed E-state index contributed by atoms with van der Waals surface area (Å²) in [5, 5.41) is 6.43. The van der Waals surface area contributed by atoms with Crippen LogP contribution in [-0.2, 0) is 17.5 Å². The molecule has 0 saturated heterocycles. The number of nitrogens with zero attached hydrogens (tertiary/aromatic N) is 4. The lowest BCUT2D eigenvalue weighted by Gasteiger charge is -2.17. The van der Waals surface area contributed by atoms with Crippen molar-refractivity contribution >= 4 is 40.1 Å². The number of benzene rings is 1. The van der Waals surface area contributed by atoms with Crippen LogP contribution in [-0.4, -0.2) is 65.2 Å². The Kier molecular flexibility index (Phi) is 9.81. The fraction of sp³-hybridized carbons (Fsp3) is 0.345. The molecule has 0 aliphatic rings. The number of halogens is 3. The van der Waals surface area contributed by atoms with Gasteiger partial charge in [0.1, 0.15) is 16.4 Å². The molecule has 0 aliphatic heterocycles. The SMILES string of the molecule is CCCNC(=O)Nc1cc(-c2nc(C(F)(F)F)cs2)c(-c2ccc3c(c2)c(=O)c(C(=O)OCC)cn3CCN(C)C)cn1. The number of hydrogen-bond acceptors (Lipinski definition) is 8. The highest BCUT2D eigenvalue weighted by Crippen LogP contribution is 2.39. The lowest BCUT2D eigenvalue weighted by Crippen LogP contribution is -2.29. The Balaban J connectivity index is 1.89. The molecule has 1 aromatic carbocycles. The standard InChI is InChI=1S/C29H31F3N6O4S/c1-5-9-33-28(41)36-24-13-18(26-35-23(16-43-26)29(30,31)32)20(14-34-24)17-7-8-22-19(12-17)25(39)21(27(40)42-6-2)15-38(22)11-10-37(3)4/h7-8,12-16H,5-6,9-11H2,1-4H3,(H2,33,34,36,41). The van der Waals surface area contributed by atoms with Crippen LogP contribution in [0.2, 0.25) is 0 Å². The molecule has 10 nitrogen and oxygen atoms in total. The van der Waals surface area contributed by atoms with Crippen LogP contribution in [0, 0.1) is 0 Å². The second-order valence-electron chi connectivity index (χ2n) is 9.85. The molecule has 0 bridgehead atoms. The fourth-order valence-corrected chi connectivity index (χ4v) is 5.13. The van der Waals surface area contributed by atoms with Gasteiger partial charge >= 0.3 is 18.2 Å². The molecule has 0 aliphatic carbocycles. The van der Waals surface area contributed by atoms with Crippen molar-refractivity contribution in [2.75, 3.05) is 39.1 Å². The zero-order chi connectivity index (χ0) is 31.3. The molecule has 43 heavy (non-hydrogen) atoms. The van der Waals surface area contributed by atoms with E-state index in [4.69, 9.17) is 4.74 Å². The molecule has 2 N–H and O–H groups in total. The van der Waals surface area contributed by atoms with E-state index in [-0.39, 0.29) is 33.9 Å². The van der Waals surface area contributed by atoms with Gasteiger partial charge in [-0.3, -0.25) is 10.1 Å². The summed E-state index contributed by atoms with van der Waals surface area (Å²) in [6, 6.07) is 5.94. The molecule has 0 unspecified atom stereocenters. The third-order valence-electron chi connectivity index (χ3n) is 6.38. The Morgan fingerprint density at radius 2 is 1.91 bits per heavy atom. The molecule has 14 heteroatoms. The first kappa shape index (κ1) is 31.6. The van der Waals surface area contributed by atoms with Crippen molar-refractivity contribution in [2.24, 2.45) is 0 Å². The second kappa shape index (κ2) is 13.3. The van der Waals surface area contributed by atoms with E-state index in [2.05, 4.69) is 20.6 Å². The molecule has 4 aromatic rings. The highest BCUT2D eigenvalue weighted by Gasteiger charge is 2.34. The summed E-state index contributed by atoms with van der Waals surface area (Å²) in [5.74, 6) is -0.646. The average Bonchev–Trinajstić information content (AvgIpc) is 3.47. The van der Waals surface area contributed by atoms with Gasteiger partial charge in [0.25, 0.3) is 0 Å². The van der Waals surface area contributed by atoms with E-state index in [1.807, 2.05) is 25.9 Å². The predicted molar refractivity (Wildman–Crippen MR) is 159 cm³/mol. The number of urea groups is 1. The van der Waals surface area contributed by atoms with Crippen molar-refractivity contribution in [1.29, 1.82) is 0 Å². The number of pyridine rings is 2. The Bertz CT molecular complexity index is 1700. The van der Waals surface area contributed by atoms with Crippen molar-refractivity contribution in [2.45, 2.75) is 33.0 Å². The van der Waals surface area contributed by atoms with Crippen molar-refractivity contribution in [1.82, 2.24) is 24.8 Å². The summed E-state index contributed by atoms with van der Waals surface area (Å²) in [5.41, 5.74) is -0.0377. The fourth-order valence-electron chi connectivity index (χ4n) is 4.27. The Hall–Kier alpha value is -4.30. The van der Waals surface area contributed by atoms with Crippen LogP contribution >= 0.6 is 11.3 Å². The smallest absolute Gasteiger partial charge is 0.434 e. The molecule has 3 aromatic heterocycles. The molecular weight excluding hydrogens is 585 g/mol. The summed E-state index contributed by atoms with van der Waals surface area (Å²) in [6.07, 6.45) is -1.05. The monoisotopic (exact) mass is 616 g/mol. The lowest BCUT2D eigenvalue weighted by atomic mass is 9.99. The molecule has 228 valence electrons. The minimum Gasteiger partial charge on any atom is -0.462 e. The minimum atomic E-state index is -4.65. The highest BCUT2D eigenvalue weighted by molar-refractivity contribution is 7.13. The summed E-state index contributed by atoms with van der Waals surface area (Å²) in [4.78, 5) is 48.5. The molecule has 0 spiro atoms. The zero-order valence-electron chi connectivity index (χ0n) is 24.0. The number of alkyl halides is 3. The molecule has 2 amide bonds. The van der Waals surface area contributed by atoms with E-state index in [0.717, 1.165) is 16.7 Å². The largest absolute Gasteiger partial charge is 0.462 e. The number of thiazole rings is 1. The van der Waals surface area contributed by atoms with E-state index in [0.29, 0.717) is 42.7 Å². The quantitative estimate of drug-likeness (QED) is 0.227. The Labute approximate surface area is 249 Å². The first-order chi connectivity index (χ1) is 20.4.